The predicted octanol–water partition coefficient (Wildman–Crippen LogP) is 3.14. The highest BCUT2D eigenvalue weighted by atomic mass is 28.4. The quantitative estimate of drug-likeness (QED) is 0.779. The molecule has 1 rings (SSSR count). The third-order valence-electron chi connectivity index (χ3n) is 4.05. The van der Waals surface area contributed by atoms with Gasteiger partial charge in [0.05, 0.1) is 12.1 Å². The van der Waals surface area contributed by atoms with E-state index >= 15 is 0 Å². The Morgan fingerprint density at radius 2 is 1.94 bits per heavy atom. The molecular weight excluding hydrogens is 253 g/mol. The Labute approximate surface area is 109 Å². The average molecular weight is 277 g/mol. The van der Waals surface area contributed by atoms with Gasteiger partial charge in [-0.2, -0.15) is 0 Å². The lowest BCUT2D eigenvalue weighted by molar-refractivity contribution is 0.0890. The largest absolute Gasteiger partial charge is 0.465 e. The van der Waals surface area contributed by atoms with E-state index in [1.165, 1.54) is 0 Å². The van der Waals surface area contributed by atoms with Gasteiger partial charge in [-0.05, 0) is 31.0 Å². The second-order valence-electron chi connectivity index (χ2n) is 6.49. The molecule has 0 heterocycles. The number of hydrogen-bond acceptors (Lipinski definition) is 2. The maximum absolute atomic E-state index is 13.9. The standard InChI is InChI=1S/C12H24FNO3Si/c1-12(2,3)18(4,5)17-10-8(13)6-7-9(10)14-11(15)16/h8-10,14H,6-7H2,1-5H3,(H,15,16)/t8-,9-,10-/m1/s1. The maximum atomic E-state index is 13.9. The van der Waals surface area contributed by atoms with Crippen LogP contribution in [0.2, 0.25) is 18.1 Å². The summed E-state index contributed by atoms with van der Waals surface area (Å²) in [6.07, 6.45) is -1.95. The second-order valence-corrected chi connectivity index (χ2v) is 11.2. The number of amides is 1. The van der Waals surface area contributed by atoms with Crippen LogP contribution in [0.4, 0.5) is 9.18 Å². The molecular formula is C12H24FNO3Si. The molecule has 1 amide bonds. The van der Waals surface area contributed by atoms with Crippen molar-refractivity contribution >= 4 is 14.4 Å². The molecule has 0 spiro atoms. The van der Waals surface area contributed by atoms with Gasteiger partial charge in [-0.1, -0.05) is 20.8 Å². The third kappa shape index (κ3) is 3.44. The van der Waals surface area contributed by atoms with E-state index in [0.717, 1.165) is 0 Å². The molecule has 2 N–H and O–H groups in total. The third-order valence-corrected chi connectivity index (χ3v) is 8.53. The van der Waals surface area contributed by atoms with Gasteiger partial charge in [0.15, 0.2) is 8.32 Å². The SMILES string of the molecule is CC(C)(C)[Si](C)(C)O[C@@H]1[C@H](F)CC[C@H]1NC(=O)O. The van der Waals surface area contributed by atoms with E-state index in [2.05, 4.69) is 39.2 Å². The van der Waals surface area contributed by atoms with Crippen LogP contribution in [0, 0.1) is 0 Å². The van der Waals surface area contributed by atoms with Crippen LogP contribution in [0.3, 0.4) is 0 Å². The zero-order valence-corrected chi connectivity index (χ0v) is 12.8. The van der Waals surface area contributed by atoms with Crippen molar-refractivity contribution in [2.24, 2.45) is 0 Å². The van der Waals surface area contributed by atoms with Gasteiger partial charge in [0, 0.05) is 0 Å². The summed E-state index contributed by atoms with van der Waals surface area (Å²) in [7, 11) is -2.08. The van der Waals surface area contributed by atoms with Crippen molar-refractivity contribution in [3.05, 3.63) is 0 Å². The Hall–Kier alpha value is -0.623. The lowest BCUT2D eigenvalue weighted by atomic mass is 10.2. The van der Waals surface area contributed by atoms with Crippen LogP contribution in [-0.4, -0.2) is 37.8 Å². The van der Waals surface area contributed by atoms with Crippen LogP contribution < -0.4 is 5.32 Å². The van der Waals surface area contributed by atoms with Crippen LogP contribution in [0.1, 0.15) is 33.6 Å². The highest BCUT2D eigenvalue weighted by Crippen LogP contribution is 2.40. The second kappa shape index (κ2) is 5.17. The van der Waals surface area contributed by atoms with E-state index in [0.29, 0.717) is 12.8 Å². The fraction of sp³-hybridized carbons (Fsp3) is 0.917. The van der Waals surface area contributed by atoms with E-state index < -0.39 is 32.7 Å². The minimum absolute atomic E-state index is 0.0108. The highest BCUT2D eigenvalue weighted by Gasteiger charge is 2.46. The van der Waals surface area contributed by atoms with Gasteiger partial charge in [0.25, 0.3) is 0 Å². The van der Waals surface area contributed by atoms with E-state index in [9.17, 15) is 9.18 Å². The zero-order chi connectivity index (χ0) is 14.1. The van der Waals surface area contributed by atoms with Crippen molar-refractivity contribution < 1.29 is 18.7 Å². The summed E-state index contributed by atoms with van der Waals surface area (Å²) < 4.78 is 19.9. The van der Waals surface area contributed by atoms with Crippen molar-refractivity contribution in [1.29, 1.82) is 0 Å². The van der Waals surface area contributed by atoms with Crippen LogP contribution in [-0.2, 0) is 4.43 Å². The number of hydrogen-bond donors (Lipinski definition) is 2. The van der Waals surface area contributed by atoms with Gasteiger partial charge >= 0.3 is 6.09 Å². The first-order valence-electron chi connectivity index (χ1n) is 6.36. The van der Waals surface area contributed by atoms with Gasteiger partial charge < -0.3 is 14.8 Å². The molecule has 0 aromatic rings. The van der Waals surface area contributed by atoms with Crippen LogP contribution >= 0.6 is 0 Å². The number of halogens is 1. The lowest BCUT2D eigenvalue weighted by Gasteiger charge is -2.40. The molecule has 0 unspecified atom stereocenters. The first kappa shape index (κ1) is 15.4. The molecule has 18 heavy (non-hydrogen) atoms. The van der Waals surface area contributed by atoms with E-state index in [4.69, 9.17) is 9.53 Å². The minimum atomic E-state index is -2.08. The molecule has 0 aromatic heterocycles. The number of rotatable bonds is 3. The van der Waals surface area contributed by atoms with Crippen LogP contribution in [0.25, 0.3) is 0 Å². The van der Waals surface area contributed by atoms with E-state index in [1.54, 1.807) is 0 Å². The molecule has 0 aromatic carbocycles. The Balaban J connectivity index is 2.76. The van der Waals surface area contributed by atoms with Crippen molar-refractivity contribution in [3.8, 4) is 0 Å². The summed E-state index contributed by atoms with van der Waals surface area (Å²) in [5.74, 6) is 0. The molecule has 4 nitrogen and oxygen atoms in total. The summed E-state index contributed by atoms with van der Waals surface area (Å²) in [5, 5.41) is 11.1. The molecule has 0 bridgehead atoms. The maximum Gasteiger partial charge on any atom is 0.404 e. The summed E-state index contributed by atoms with van der Waals surface area (Å²) >= 11 is 0. The number of nitrogens with one attached hydrogen (secondary N) is 1. The minimum Gasteiger partial charge on any atom is -0.465 e. The summed E-state index contributed by atoms with van der Waals surface area (Å²) in [4.78, 5) is 10.7. The van der Waals surface area contributed by atoms with Gasteiger partial charge in [0.1, 0.15) is 6.17 Å². The number of carbonyl (C=O) groups is 1. The van der Waals surface area contributed by atoms with Crippen molar-refractivity contribution in [1.82, 2.24) is 5.32 Å². The monoisotopic (exact) mass is 277 g/mol. The summed E-state index contributed by atoms with van der Waals surface area (Å²) in [6.45, 7) is 10.4. The van der Waals surface area contributed by atoms with Crippen molar-refractivity contribution in [3.63, 3.8) is 0 Å². The smallest absolute Gasteiger partial charge is 0.404 e. The Bertz CT molecular complexity index is 317. The fourth-order valence-corrected chi connectivity index (χ4v) is 3.25. The molecule has 6 heteroatoms. The van der Waals surface area contributed by atoms with Gasteiger partial charge in [-0.3, -0.25) is 0 Å². The Morgan fingerprint density at radius 3 is 2.39 bits per heavy atom. The van der Waals surface area contributed by atoms with Gasteiger partial charge in [-0.25, -0.2) is 9.18 Å². The molecule has 3 atom stereocenters. The lowest BCUT2D eigenvalue weighted by Crippen LogP contribution is -2.51. The summed E-state index contributed by atoms with van der Waals surface area (Å²) in [6, 6.07) is -0.424. The van der Waals surface area contributed by atoms with Crippen molar-refractivity contribution in [2.75, 3.05) is 0 Å². The molecule has 1 saturated carbocycles. The average Bonchev–Trinajstić information content (AvgIpc) is 2.46. The zero-order valence-electron chi connectivity index (χ0n) is 11.8. The first-order chi connectivity index (χ1) is 8.04. The van der Waals surface area contributed by atoms with Crippen molar-refractivity contribution in [2.45, 2.75) is 70.1 Å². The van der Waals surface area contributed by atoms with Gasteiger partial charge in [0.2, 0.25) is 0 Å². The van der Waals surface area contributed by atoms with Gasteiger partial charge in [-0.15, -0.1) is 0 Å². The predicted molar refractivity (Wildman–Crippen MR) is 71.1 cm³/mol. The van der Waals surface area contributed by atoms with Crippen LogP contribution in [0.5, 0.6) is 0 Å². The topological polar surface area (TPSA) is 58.6 Å². The molecule has 0 radical (unpaired) electrons. The van der Waals surface area contributed by atoms with Crippen LogP contribution in [0.15, 0.2) is 0 Å². The molecule has 1 aliphatic rings. The molecule has 0 saturated heterocycles. The normalized spacial score (nSPS) is 29.3. The molecule has 0 aliphatic heterocycles. The summed E-state index contributed by atoms with van der Waals surface area (Å²) in [5.41, 5.74) is 0. The highest BCUT2D eigenvalue weighted by molar-refractivity contribution is 6.74. The van der Waals surface area contributed by atoms with E-state index in [-0.39, 0.29) is 5.04 Å². The number of carboxylic acid groups (broad SMARTS) is 1. The molecule has 1 fully saturated rings. The Morgan fingerprint density at radius 1 is 1.39 bits per heavy atom. The number of alkyl halides is 1. The van der Waals surface area contributed by atoms with E-state index in [1.807, 2.05) is 0 Å². The molecule has 1 aliphatic carbocycles. The first-order valence-corrected chi connectivity index (χ1v) is 9.27. The Kier molecular flexibility index (Phi) is 4.43. The fourth-order valence-electron chi connectivity index (χ4n) is 1.91. The molecule has 106 valence electrons.